The molecule has 0 amide bonds. The molecule has 4 nitrogen and oxygen atoms in total. The van der Waals surface area contributed by atoms with Crippen molar-refractivity contribution in [1.29, 1.82) is 0 Å². The minimum atomic E-state index is -0.143. The van der Waals surface area contributed by atoms with Crippen LogP contribution in [0, 0.1) is 18.3 Å². The minimum Gasteiger partial charge on any atom is -0.377 e. The second kappa shape index (κ2) is 5.61. The van der Waals surface area contributed by atoms with E-state index >= 15 is 0 Å². The van der Waals surface area contributed by atoms with E-state index in [0.29, 0.717) is 12.0 Å². The molecule has 2 aliphatic rings. The Morgan fingerprint density at radius 3 is 3.05 bits per heavy atom. The van der Waals surface area contributed by atoms with Crippen molar-refractivity contribution in [3.8, 4) is 0 Å². The first-order valence-corrected chi connectivity index (χ1v) is 8.85. The van der Waals surface area contributed by atoms with Gasteiger partial charge in [-0.1, -0.05) is 13.8 Å². The van der Waals surface area contributed by atoms with Crippen LogP contribution in [0.5, 0.6) is 0 Å². The quantitative estimate of drug-likeness (QED) is 0.818. The van der Waals surface area contributed by atoms with Crippen LogP contribution in [0.3, 0.4) is 0 Å². The Labute approximate surface area is 131 Å². The number of aromatic nitrogens is 1. The zero-order valence-corrected chi connectivity index (χ0v) is 14.1. The summed E-state index contributed by atoms with van der Waals surface area (Å²) in [5.74, 6) is 0.510. The Kier molecular flexibility index (Phi) is 4.12. The van der Waals surface area contributed by atoms with Crippen LogP contribution in [0.25, 0.3) is 0 Å². The van der Waals surface area contributed by atoms with Crippen LogP contribution in [0.2, 0.25) is 0 Å². The normalized spacial score (nSPS) is 34.3. The van der Waals surface area contributed by atoms with Crippen LogP contribution in [-0.2, 0) is 11.2 Å². The highest BCUT2D eigenvalue weighted by molar-refractivity contribution is 7.09. The van der Waals surface area contributed by atoms with E-state index in [-0.39, 0.29) is 11.0 Å². The Morgan fingerprint density at radius 2 is 2.33 bits per heavy atom. The van der Waals surface area contributed by atoms with Crippen molar-refractivity contribution in [3.05, 3.63) is 16.1 Å². The van der Waals surface area contributed by atoms with Crippen LogP contribution in [-0.4, -0.2) is 36.3 Å². The van der Waals surface area contributed by atoms with E-state index in [1.54, 1.807) is 11.3 Å². The molecule has 0 spiro atoms. The zero-order valence-electron chi connectivity index (χ0n) is 13.3. The molecule has 118 valence electrons. The molecular weight excluding hydrogens is 282 g/mol. The molecule has 1 aromatic rings. The van der Waals surface area contributed by atoms with Gasteiger partial charge in [-0.25, -0.2) is 4.98 Å². The molecule has 1 aromatic heterocycles. The molecule has 0 aromatic carbocycles. The highest BCUT2D eigenvalue weighted by Crippen LogP contribution is 2.56. The molecule has 21 heavy (non-hydrogen) atoms. The monoisotopic (exact) mass is 309 g/mol. The molecule has 5 heteroatoms. The van der Waals surface area contributed by atoms with E-state index in [1.165, 1.54) is 12.1 Å². The second-order valence-electron chi connectivity index (χ2n) is 7.09. The van der Waals surface area contributed by atoms with Gasteiger partial charge in [-0.3, -0.25) is 0 Å². The molecule has 3 unspecified atom stereocenters. The lowest BCUT2D eigenvalue weighted by Gasteiger charge is -2.66. The predicted octanol–water partition coefficient (Wildman–Crippen LogP) is 2.12. The van der Waals surface area contributed by atoms with Gasteiger partial charge in [0.15, 0.2) is 0 Å². The summed E-state index contributed by atoms with van der Waals surface area (Å²) in [6.45, 7) is 9.27. The summed E-state index contributed by atoms with van der Waals surface area (Å²) in [5.41, 5.74) is 7.86. The zero-order chi connectivity index (χ0) is 15.1. The molecule has 1 aliphatic carbocycles. The molecule has 3 atom stereocenters. The van der Waals surface area contributed by atoms with Crippen molar-refractivity contribution in [1.82, 2.24) is 10.3 Å². The highest BCUT2D eigenvalue weighted by atomic mass is 32.1. The fourth-order valence-electron chi connectivity index (χ4n) is 4.06. The van der Waals surface area contributed by atoms with Crippen LogP contribution < -0.4 is 11.1 Å². The van der Waals surface area contributed by atoms with Gasteiger partial charge in [0.25, 0.3) is 0 Å². The van der Waals surface area contributed by atoms with E-state index in [4.69, 9.17) is 10.5 Å². The summed E-state index contributed by atoms with van der Waals surface area (Å²) in [7, 11) is 0. The number of hydrogen-bond donors (Lipinski definition) is 2. The first kappa shape index (κ1) is 15.4. The predicted molar refractivity (Wildman–Crippen MR) is 86.6 cm³/mol. The van der Waals surface area contributed by atoms with E-state index in [0.717, 1.165) is 37.5 Å². The molecule has 3 N–H and O–H groups in total. The fraction of sp³-hybridized carbons (Fsp3) is 0.812. The lowest BCUT2D eigenvalue weighted by molar-refractivity contribution is -0.225. The van der Waals surface area contributed by atoms with Gasteiger partial charge in [-0.05, 0) is 19.8 Å². The molecule has 2 heterocycles. The Morgan fingerprint density at radius 1 is 1.52 bits per heavy atom. The van der Waals surface area contributed by atoms with Gasteiger partial charge >= 0.3 is 0 Å². The van der Waals surface area contributed by atoms with Gasteiger partial charge in [0, 0.05) is 48.4 Å². The van der Waals surface area contributed by atoms with Crippen molar-refractivity contribution in [2.45, 2.75) is 51.7 Å². The van der Waals surface area contributed by atoms with Gasteiger partial charge in [0.05, 0.1) is 16.8 Å². The summed E-state index contributed by atoms with van der Waals surface area (Å²) in [5, 5.41) is 6.85. The Bertz CT molecular complexity index is 501. The van der Waals surface area contributed by atoms with Crippen LogP contribution in [0.15, 0.2) is 5.38 Å². The molecule has 1 saturated carbocycles. The average Bonchev–Trinajstić information content (AvgIpc) is 2.89. The van der Waals surface area contributed by atoms with Gasteiger partial charge in [-0.2, -0.15) is 0 Å². The van der Waals surface area contributed by atoms with Gasteiger partial charge in [0.2, 0.25) is 0 Å². The third-order valence-corrected chi connectivity index (χ3v) is 6.36. The number of rotatable bonds is 5. The molecule has 1 aliphatic heterocycles. The number of aryl methyl sites for hydroxylation is 1. The maximum absolute atomic E-state index is 6.76. The lowest BCUT2D eigenvalue weighted by atomic mass is 9.46. The molecule has 1 saturated heterocycles. The molecule has 2 fully saturated rings. The topological polar surface area (TPSA) is 60.2 Å². The Hall–Kier alpha value is -0.490. The smallest absolute Gasteiger partial charge is 0.0897 e. The summed E-state index contributed by atoms with van der Waals surface area (Å²) >= 11 is 1.72. The van der Waals surface area contributed by atoms with E-state index < -0.39 is 0 Å². The largest absolute Gasteiger partial charge is 0.377 e. The molecule has 0 bridgehead atoms. The standard InChI is InChI=1S/C16H27N3OS/c1-11-19-12(9-21-11)6-7-18-10-16(17)13-5-4-8-20-14(13)15(16,2)3/h9,13-14,18H,4-8,10,17H2,1-3H3. The molecule has 0 radical (unpaired) electrons. The lowest BCUT2D eigenvalue weighted by Crippen LogP contribution is -2.80. The molecular formula is C16H27N3OS. The van der Waals surface area contributed by atoms with Crippen molar-refractivity contribution >= 4 is 11.3 Å². The van der Waals surface area contributed by atoms with Crippen molar-refractivity contribution in [3.63, 3.8) is 0 Å². The van der Waals surface area contributed by atoms with Crippen molar-refractivity contribution < 1.29 is 4.74 Å². The number of thiazole rings is 1. The van der Waals surface area contributed by atoms with E-state index in [9.17, 15) is 0 Å². The minimum absolute atomic E-state index is 0.0578. The maximum Gasteiger partial charge on any atom is 0.0897 e. The van der Waals surface area contributed by atoms with Gasteiger partial charge in [0.1, 0.15) is 0 Å². The average molecular weight is 309 g/mol. The summed E-state index contributed by atoms with van der Waals surface area (Å²) < 4.78 is 5.95. The third kappa shape index (κ3) is 2.54. The third-order valence-electron chi connectivity index (χ3n) is 5.54. The Balaban J connectivity index is 1.52. The SMILES string of the molecule is Cc1nc(CCNCC2(N)C3CCCOC3C2(C)C)cs1. The van der Waals surface area contributed by atoms with Crippen LogP contribution in [0.4, 0.5) is 0 Å². The summed E-state index contributed by atoms with van der Waals surface area (Å²) in [4.78, 5) is 4.50. The van der Waals surface area contributed by atoms with E-state index in [2.05, 4.69) is 36.5 Å². The van der Waals surface area contributed by atoms with Gasteiger partial charge in [-0.15, -0.1) is 11.3 Å². The fourth-order valence-corrected chi connectivity index (χ4v) is 4.71. The number of nitrogens with zero attached hydrogens (tertiary/aromatic N) is 1. The van der Waals surface area contributed by atoms with E-state index in [1.807, 2.05) is 0 Å². The van der Waals surface area contributed by atoms with Crippen molar-refractivity contribution in [2.75, 3.05) is 19.7 Å². The van der Waals surface area contributed by atoms with Crippen LogP contribution in [0.1, 0.15) is 37.4 Å². The number of nitrogens with one attached hydrogen (secondary N) is 1. The first-order valence-electron chi connectivity index (χ1n) is 7.97. The molecule has 3 rings (SSSR count). The summed E-state index contributed by atoms with van der Waals surface area (Å²) in [6.07, 6.45) is 3.68. The number of fused-ring (bicyclic) bond motifs is 1. The first-order chi connectivity index (χ1) is 9.95. The highest BCUT2D eigenvalue weighted by Gasteiger charge is 2.65. The van der Waals surface area contributed by atoms with Crippen molar-refractivity contribution in [2.24, 2.45) is 17.1 Å². The van der Waals surface area contributed by atoms with Crippen LogP contribution >= 0.6 is 11.3 Å². The number of nitrogens with two attached hydrogens (primary N) is 1. The summed E-state index contributed by atoms with van der Waals surface area (Å²) in [6, 6.07) is 0. The number of hydrogen-bond acceptors (Lipinski definition) is 5. The second-order valence-corrected chi connectivity index (χ2v) is 8.15. The van der Waals surface area contributed by atoms with Gasteiger partial charge < -0.3 is 15.8 Å². The number of ether oxygens (including phenoxy) is 1. The maximum atomic E-state index is 6.76.